The van der Waals surface area contributed by atoms with Crippen molar-refractivity contribution in [2.45, 2.75) is 4.52 Å². The number of hydrogen-bond acceptors (Lipinski definition) is 2. The maximum absolute atomic E-state index is 11.0. The number of esters is 1. The number of halogens is 4. The van der Waals surface area contributed by atoms with Gasteiger partial charge < -0.3 is 4.74 Å². The number of rotatable bonds is 3. The number of ether oxygens (including phenoxy) is 1. The lowest BCUT2D eigenvalue weighted by Crippen LogP contribution is -2.19. The van der Waals surface area contributed by atoms with Crippen LogP contribution in [0.1, 0.15) is 5.56 Å². The third kappa shape index (κ3) is 3.05. The normalized spacial score (nSPS) is 11.0. The van der Waals surface area contributed by atoms with Gasteiger partial charge in [0.05, 0.1) is 10.0 Å². The topological polar surface area (TPSA) is 26.3 Å². The first-order chi connectivity index (χ1) is 7.38. The minimum absolute atomic E-state index is 0.131. The van der Waals surface area contributed by atoms with Crippen molar-refractivity contribution in [2.75, 3.05) is 0 Å². The molecular weight excluding hydrogens is 294 g/mol. The average molecular weight is 300 g/mol. The van der Waals surface area contributed by atoms with Gasteiger partial charge in [-0.15, -0.1) is 0 Å². The van der Waals surface area contributed by atoms with Crippen LogP contribution in [-0.2, 0) is 14.1 Å². The Bertz CT molecular complexity index is 429. The molecule has 0 radical (unpaired) electrons. The zero-order chi connectivity index (χ0) is 12.3. The summed E-state index contributed by atoms with van der Waals surface area (Å²) in [7, 11) is 0. The second kappa shape index (κ2) is 5.28. The highest BCUT2D eigenvalue weighted by molar-refractivity contribution is 6.49. The van der Waals surface area contributed by atoms with E-state index in [-0.39, 0.29) is 15.6 Å². The largest absolute Gasteiger partial charge is 0.421 e. The van der Waals surface area contributed by atoms with E-state index in [0.717, 1.165) is 6.08 Å². The van der Waals surface area contributed by atoms with Crippen LogP contribution < -0.4 is 0 Å². The van der Waals surface area contributed by atoms with Crippen molar-refractivity contribution in [1.29, 1.82) is 0 Å². The molecule has 0 atom stereocenters. The van der Waals surface area contributed by atoms with E-state index < -0.39 is 10.5 Å². The van der Waals surface area contributed by atoms with Crippen molar-refractivity contribution in [3.63, 3.8) is 0 Å². The van der Waals surface area contributed by atoms with E-state index in [4.69, 9.17) is 51.1 Å². The zero-order valence-electron chi connectivity index (χ0n) is 7.84. The minimum Gasteiger partial charge on any atom is -0.421 e. The second-order valence-electron chi connectivity index (χ2n) is 2.74. The van der Waals surface area contributed by atoms with E-state index >= 15 is 0 Å². The van der Waals surface area contributed by atoms with Gasteiger partial charge in [-0.05, 0) is 6.07 Å². The Hall–Kier alpha value is -0.410. The molecule has 16 heavy (non-hydrogen) atoms. The lowest BCUT2D eigenvalue weighted by atomic mass is 10.2. The number of carbonyl (C=O) groups excluding carboxylic acids is 1. The second-order valence-corrected chi connectivity index (χ2v) is 4.79. The molecular formula is C10H6Cl4O2. The van der Waals surface area contributed by atoms with Gasteiger partial charge in [0.25, 0.3) is 4.52 Å². The summed E-state index contributed by atoms with van der Waals surface area (Å²) in [6, 6.07) is 4.65. The van der Waals surface area contributed by atoms with Crippen LogP contribution in [0.5, 0.6) is 0 Å². The Morgan fingerprint density at radius 2 is 2.00 bits per heavy atom. The lowest BCUT2D eigenvalue weighted by molar-refractivity contribution is -0.141. The quantitative estimate of drug-likeness (QED) is 0.472. The molecule has 0 N–H and O–H groups in total. The van der Waals surface area contributed by atoms with Crippen molar-refractivity contribution in [2.24, 2.45) is 0 Å². The number of carbonyl (C=O) groups is 1. The summed E-state index contributed by atoms with van der Waals surface area (Å²) in [5.41, 5.74) is 0.195. The fourth-order valence-electron chi connectivity index (χ4n) is 0.952. The fraction of sp³-hybridized carbons (Fsp3) is 0.100. The summed E-state index contributed by atoms with van der Waals surface area (Å²) >= 11 is 23.4. The zero-order valence-corrected chi connectivity index (χ0v) is 10.9. The SMILES string of the molecule is C=CC(=O)OC(Cl)(Cl)c1cccc(Cl)c1Cl. The first-order valence-corrected chi connectivity index (χ1v) is 5.57. The molecule has 2 nitrogen and oxygen atoms in total. The standard InChI is InChI=1S/C10H6Cl4O2/c1-2-8(15)16-10(13,14)6-4-3-5-7(11)9(6)12/h2-5H,1H2. The molecule has 86 valence electrons. The number of benzene rings is 1. The Balaban J connectivity index is 3.11. The predicted octanol–water partition coefficient (Wildman–Crippen LogP) is 4.31. The molecule has 1 rings (SSSR count). The summed E-state index contributed by atoms with van der Waals surface area (Å²) in [5, 5.41) is 0.394. The van der Waals surface area contributed by atoms with Crippen molar-refractivity contribution < 1.29 is 9.53 Å². The van der Waals surface area contributed by atoms with Crippen LogP contribution >= 0.6 is 46.4 Å². The molecule has 0 heterocycles. The summed E-state index contributed by atoms with van der Waals surface area (Å²) in [4.78, 5) is 11.0. The summed E-state index contributed by atoms with van der Waals surface area (Å²) < 4.78 is 2.84. The van der Waals surface area contributed by atoms with Gasteiger partial charge in [0, 0.05) is 11.6 Å². The van der Waals surface area contributed by atoms with E-state index in [0.29, 0.717) is 0 Å². The van der Waals surface area contributed by atoms with E-state index in [2.05, 4.69) is 6.58 Å². The molecule has 0 aliphatic carbocycles. The molecule has 0 amide bonds. The van der Waals surface area contributed by atoms with Crippen LogP contribution in [0.3, 0.4) is 0 Å². The third-order valence-corrected chi connectivity index (χ3v) is 3.04. The van der Waals surface area contributed by atoms with Gasteiger partial charge in [-0.1, -0.05) is 65.1 Å². The molecule has 0 saturated heterocycles. The van der Waals surface area contributed by atoms with Gasteiger partial charge in [-0.25, -0.2) is 4.79 Å². The fourth-order valence-corrected chi connectivity index (χ4v) is 1.95. The van der Waals surface area contributed by atoms with Crippen LogP contribution in [-0.4, -0.2) is 5.97 Å². The molecule has 0 spiro atoms. The summed E-state index contributed by atoms with van der Waals surface area (Å²) in [5.74, 6) is -0.763. The maximum Gasteiger partial charge on any atom is 0.333 e. The van der Waals surface area contributed by atoms with Crippen molar-refractivity contribution in [1.82, 2.24) is 0 Å². The molecule has 0 fully saturated rings. The molecule has 0 bridgehead atoms. The highest BCUT2D eigenvalue weighted by Crippen LogP contribution is 2.41. The van der Waals surface area contributed by atoms with Gasteiger partial charge in [0.15, 0.2) is 0 Å². The van der Waals surface area contributed by atoms with E-state index in [9.17, 15) is 4.79 Å². The summed E-state index contributed by atoms with van der Waals surface area (Å²) in [6.07, 6.45) is 0.942. The maximum atomic E-state index is 11.0. The van der Waals surface area contributed by atoms with Crippen LogP contribution in [0.25, 0.3) is 0 Å². The van der Waals surface area contributed by atoms with Gasteiger partial charge in [0.2, 0.25) is 0 Å². The van der Waals surface area contributed by atoms with Crippen LogP contribution in [0.15, 0.2) is 30.9 Å². The van der Waals surface area contributed by atoms with Crippen molar-refractivity contribution in [3.8, 4) is 0 Å². The molecule has 0 unspecified atom stereocenters. The van der Waals surface area contributed by atoms with Crippen LogP contribution in [0.4, 0.5) is 0 Å². The Labute approximate surface area is 113 Å². The molecule has 1 aromatic carbocycles. The van der Waals surface area contributed by atoms with E-state index in [1.54, 1.807) is 12.1 Å². The number of alkyl halides is 2. The van der Waals surface area contributed by atoms with Gasteiger partial charge in [0.1, 0.15) is 0 Å². The molecule has 0 saturated carbocycles. The smallest absolute Gasteiger partial charge is 0.333 e. The van der Waals surface area contributed by atoms with Gasteiger partial charge in [-0.2, -0.15) is 0 Å². The first-order valence-electron chi connectivity index (χ1n) is 4.06. The van der Waals surface area contributed by atoms with Gasteiger partial charge >= 0.3 is 5.97 Å². The Morgan fingerprint density at radius 3 is 2.56 bits per heavy atom. The summed E-state index contributed by atoms with van der Waals surface area (Å²) in [6.45, 7) is 3.23. The Morgan fingerprint density at radius 1 is 1.38 bits per heavy atom. The van der Waals surface area contributed by atoms with Crippen LogP contribution in [0, 0.1) is 0 Å². The minimum atomic E-state index is -1.90. The van der Waals surface area contributed by atoms with Crippen molar-refractivity contribution in [3.05, 3.63) is 46.5 Å². The molecule has 0 aromatic heterocycles. The predicted molar refractivity (Wildman–Crippen MR) is 66.1 cm³/mol. The van der Waals surface area contributed by atoms with Gasteiger partial charge in [-0.3, -0.25) is 0 Å². The van der Waals surface area contributed by atoms with Crippen LogP contribution in [0.2, 0.25) is 10.0 Å². The third-order valence-electron chi connectivity index (χ3n) is 1.66. The highest BCUT2D eigenvalue weighted by atomic mass is 35.5. The number of hydrogen-bond donors (Lipinski definition) is 0. The van der Waals surface area contributed by atoms with E-state index in [1.165, 1.54) is 6.07 Å². The average Bonchev–Trinajstić information content (AvgIpc) is 2.21. The molecule has 1 aromatic rings. The monoisotopic (exact) mass is 298 g/mol. The van der Waals surface area contributed by atoms with E-state index in [1.807, 2.05) is 0 Å². The first kappa shape index (κ1) is 13.7. The molecule has 0 aliphatic heterocycles. The highest BCUT2D eigenvalue weighted by Gasteiger charge is 2.33. The lowest BCUT2D eigenvalue weighted by Gasteiger charge is -2.20. The van der Waals surface area contributed by atoms with Crippen molar-refractivity contribution >= 4 is 52.4 Å². The molecule has 0 aliphatic rings. The Kier molecular flexibility index (Phi) is 4.51. The molecule has 6 heteroatoms.